The summed E-state index contributed by atoms with van der Waals surface area (Å²) in [6.07, 6.45) is 10.8. The molecule has 1 amide bonds. The zero-order valence-electron chi connectivity index (χ0n) is 15.1. The lowest BCUT2D eigenvalue weighted by molar-refractivity contribution is -0.112. The summed E-state index contributed by atoms with van der Waals surface area (Å²) in [7, 11) is 0. The van der Waals surface area contributed by atoms with Crippen LogP contribution < -0.4 is 0 Å². The molecule has 2 atom stereocenters. The van der Waals surface area contributed by atoms with Gasteiger partial charge in [0.15, 0.2) is 5.78 Å². The number of hydrogen-bond acceptors (Lipinski definition) is 3. The van der Waals surface area contributed by atoms with Crippen LogP contribution in [0.2, 0.25) is 0 Å². The van der Waals surface area contributed by atoms with Crippen molar-refractivity contribution in [2.75, 3.05) is 0 Å². The number of carbonyl (C=O) groups excluding carboxylic acids is 2. The van der Waals surface area contributed by atoms with E-state index in [2.05, 4.69) is 19.1 Å². The fourth-order valence-corrected chi connectivity index (χ4v) is 3.10. The van der Waals surface area contributed by atoms with Crippen LogP contribution >= 0.6 is 0 Å². The third-order valence-electron chi connectivity index (χ3n) is 4.32. The molecular weight excluding hydrogens is 314 g/mol. The summed E-state index contributed by atoms with van der Waals surface area (Å²) in [5, 5.41) is 0. The average Bonchev–Trinajstić information content (AvgIpc) is 3.01. The van der Waals surface area contributed by atoms with Crippen LogP contribution in [0.25, 0.3) is 0 Å². The Labute approximate surface area is 150 Å². The first kappa shape index (κ1) is 19.0. The Morgan fingerprint density at radius 2 is 1.96 bits per heavy atom. The van der Waals surface area contributed by atoms with Gasteiger partial charge in [0.05, 0.1) is 6.04 Å². The lowest BCUT2D eigenvalue weighted by atomic mass is 10.1. The monoisotopic (exact) mass is 341 g/mol. The van der Waals surface area contributed by atoms with Crippen LogP contribution in [0.5, 0.6) is 0 Å². The van der Waals surface area contributed by atoms with Crippen LogP contribution in [-0.2, 0) is 16.1 Å². The van der Waals surface area contributed by atoms with E-state index in [1.807, 2.05) is 41.3 Å². The van der Waals surface area contributed by atoms with Crippen molar-refractivity contribution < 1.29 is 14.3 Å². The minimum Gasteiger partial charge on any atom is -0.445 e. The van der Waals surface area contributed by atoms with E-state index in [0.29, 0.717) is 6.42 Å². The van der Waals surface area contributed by atoms with Crippen LogP contribution in [0, 0.1) is 0 Å². The predicted molar refractivity (Wildman–Crippen MR) is 99.1 cm³/mol. The Balaban J connectivity index is 2.03. The lowest BCUT2D eigenvalue weighted by Gasteiger charge is -2.27. The second kappa shape index (κ2) is 9.82. The van der Waals surface area contributed by atoms with Gasteiger partial charge in [-0.1, -0.05) is 55.5 Å². The van der Waals surface area contributed by atoms with E-state index in [9.17, 15) is 9.59 Å². The molecule has 0 saturated carbocycles. The third-order valence-corrected chi connectivity index (χ3v) is 4.32. The lowest BCUT2D eigenvalue weighted by Crippen LogP contribution is -2.40. The zero-order chi connectivity index (χ0) is 18.1. The molecule has 4 nitrogen and oxygen atoms in total. The number of ketones is 1. The number of amides is 1. The maximum atomic E-state index is 12.7. The largest absolute Gasteiger partial charge is 0.445 e. The van der Waals surface area contributed by atoms with E-state index in [0.717, 1.165) is 24.8 Å². The van der Waals surface area contributed by atoms with Gasteiger partial charge in [-0.15, -0.1) is 0 Å². The number of rotatable bonds is 7. The van der Waals surface area contributed by atoms with Gasteiger partial charge in [-0.3, -0.25) is 9.69 Å². The summed E-state index contributed by atoms with van der Waals surface area (Å²) in [4.78, 5) is 25.6. The molecule has 2 rings (SSSR count). The van der Waals surface area contributed by atoms with Gasteiger partial charge in [0.2, 0.25) is 0 Å². The minimum atomic E-state index is -0.284. The fraction of sp³-hybridized carbons (Fsp3) is 0.429. The smallest absolute Gasteiger partial charge is 0.410 e. The molecule has 0 unspecified atom stereocenters. The van der Waals surface area contributed by atoms with E-state index in [1.165, 1.54) is 6.92 Å². The van der Waals surface area contributed by atoms with Gasteiger partial charge in [-0.2, -0.15) is 0 Å². The highest BCUT2D eigenvalue weighted by Gasteiger charge is 2.35. The van der Waals surface area contributed by atoms with Gasteiger partial charge in [-0.05, 0) is 44.2 Å². The highest BCUT2D eigenvalue weighted by atomic mass is 16.6. The standard InChI is InChI=1S/C21H27NO3/c1-3-4-12-19-14-15-20(13-8-9-17(2)23)22(19)21(24)25-16-18-10-6-5-7-11-18/h4-12,19-20H,3,13-16H2,1-2H3/b9-8+,12-4-/t19-,20+/m0/s1. The highest BCUT2D eigenvalue weighted by molar-refractivity contribution is 5.87. The predicted octanol–water partition coefficient (Wildman–Crippen LogP) is 4.66. The summed E-state index contributed by atoms with van der Waals surface area (Å²) in [5.74, 6) is 0.0265. The Kier molecular flexibility index (Phi) is 7.45. The normalized spacial score (nSPS) is 20.5. The van der Waals surface area contributed by atoms with Crippen LogP contribution in [0.15, 0.2) is 54.6 Å². The van der Waals surface area contributed by atoms with Crippen molar-refractivity contribution in [1.82, 2.24) is 4.90 Å². The summed E-state index contributed by atoms with van der Waals surface area (Å²) in [6.45, 7) is 3.89. The van der Waals surface area contributed by atoms with Crippen LogP contribution in [0.1, 0.15) is 45.1 Å². The van der Waals surface area contributed by atoms with E-state index < -0.39 is 0 Å². The first-order chi connectivity index (χ1) is 12.1. The van der Waals surface area contributed by atoms with Gasteiger partial charge in [0, 0.05) is 6.04 Å². The second-order valence-corrected chi connectivity index (χ2v) is 6.33. The number of carbonyl (C=O) groups is 2. The van der Waals surface area contributed by atoms with E-state index in [-0.39, 0.29) is 30.6 Å². The van der Waals surface area contributed by atoms with Crippen molar-refractivity contribution in [3.05, 3.63) is 60.2 Å². The molecular formula is C21H27NO3. The van der Waals surface area contributed by atoms with Crippen molar-refractivity contribution >= 4 is 11.9 Å². The maximum absolute atomic E-state index is 12.7. The summed E-state index contributed by atoms with van der Waals surface area (Å²) in [6, 6.07) is 9.83. The molecule has 0 aromatic heterocycles. The zero-order valence-corrected chi connectivity index (χ0v) is 15.1. The number of ether oxygens (including phenoxy) is 1. The van der Waals surface area contributed by atoms with E-state index in [1.54, 1.807) is 6.08 Å². The average molecular weight is 341 g/mol. The van der Waals surface area contributed by atoms with Crippen LogP contribution in [0.4, 0.5) is 4.79 Å². The number of benzene rings is 1. The molecule has 1 saturated heterocycles. The van der Waals surface area contributed by atoms with Gasteiger partial charge >= 0.3 is 6.09 Å². The van der Waals surface area contributed by atoms with Gasteiger partial charge < -0.3 is 4.74 Å². The molecule has 1 aromatic carbocycles. The molecule has 1 aliphatic heterocycles. The Hall–Kier alpha value is -2.36. The molecule has 1 heterocycles. The van der Waals surface area contributed by atoms with Crippen molar-refractivity contribution in [2.45, 2.75) is 58.2 Å². The van der Waals surface area contributed by atoms with Gasteiger partial charge in [0.1, 0.15) is 6.61 Å². The SMILES string of the molecule is CC/C=C\[C@H]1CC[C@@H](C/C=C/C(C)=O)N1C(=O)OCc1ccccc1. The maximum Gasteiger partial charge on any atom is 0.410 e. The molecule has 0 aliphatic carbocycles. The molecule has 25 heavy (non-hydrogen) atoms. The fourth-order valence-electron chi connectivity index (χ4n) is 3.10. The van der Waals surface area contributed by atoms with Gasteiger partial charge in [-0.25, -0.2) is 4.79 Å². The molecule has 4 heteroatoms. The van der Waals surface area contributed by atoms with E-state index in [4.69, 9.17) is 4.74 Å². The highest BCUT2D eigenvalue weighted by Crippen LogP contribution is 2.29. The van der Waals surface area contributed by atoms with Crippen molar-refractivity contribution in [1.29, 1.82) is 0 Å². The molecule has 0 spiro atoms. The minimum absolute atomic E-state index is 0.0265. The second-order valence-electron chi connectivity index (χ2n) is 6.33. The Morgan fingerprint density at radius 1 is 1.20 bits per heavy atom. The van der Waals surface area contributed by atoms with Gasteiger partial charge in [0.25, 0.3) is 0 Å². The molecule has 1 aromatic rings. The molecule has 134 valence electrons. The summed E-state index contributed by atoms with van der Waals surface area (Å²) < 4.78 is 5.54. The first-order valence-electron chi connectivity index (χ1n) is 8.94. The van der Waals surface area contributed by atoms with Crippen LogP contribution in [-0.4, -0.2) is 28.9 Å². The summed E-state index contributed by atoms with van der Waals surface area (Å²) >= 11 is 0. The van der Waals surface area contributed by atoms with Crippen molar-refractivity contribution in [3.63, 3.8) is 0 Å². The Morgan fingerprint density at radius 3 is 2.64 bits per heavy atom. The molecule has 1 fully saturated rings. The van der Waals surface area contributed by atoms with E-state index >= 15 is 0 Å². The van der Waals surface area contributed by atoms with Crippen molar-refractivity contribution in [3.8, 4) is 0 Å². The number of likely N-dealkylation sites (tertiary alicyclic amines) is 1. The molecule has 0 bridgehead atoms. The quantitative estimate of drug-likeness (QED) is 0.535. The topological polar surface area (TPSA) is 46.6 Å². The first-order valence-corrected chi connectivity index (χ1v) is 8.94. The number of allylic oxidation sites excluding steroid dienone is 2. The summed E-state index contributed by atoms with van der Waals surface area (Å²) in [5.41, 5.74) is 0.976. The third kappa shape index (κ3) is 5.89. The molecule has 1 aliphatic rings. The number of hydrogen-bond donors (Lipinski definition) is 0. The van der Waals surface area contributed by atoms with Crippen LogP contribution in [0.3, 0.4) is 0 Å². The molecule has 0 N–H and O–H groups in total. The Bertz CT molecular complexity index is 621. The number of nitrogens with zero attached hydrogens (tertiary/aromatic N) is 1. The molecule has 0 radical (unpaired) electrons. The van der Waals surface area contributed by atoms with Crippen molar-refractivity contribution in [2.24, 2.45) is 0 Å².